The van der Waals surface area contributed by atoms with Crippen LogP contribution in [0.3, 0.4) is 0 Å². The molecule has 0 radical (unpaired) electrons. The molecule has 0 amide bonds. The van der Waals surface area contributed by atoms with Crippen molar-refractivity contribution in [3.05, 3.63) is 0 Å². The fraction of sp³-hybridized carbons (Fsp3) is 0.818. The van der Waals surface area contributed by atoms with E-state index in [0.29, 0.717) is 23.5 Å². The molecule has 0 fully saturated rings. The monoisotopic (exact) mass is 369 g/mol. The average Bonchev–Trinajstić information content (AvgIpc) is 2.95. The van der Waals surface area contributed by atoms with Gasteiger partial charge in [-0.15, -0.1) is 10.2 Å². The minimum Gasteiger partial charge on any atom is -0.390 e. The molecular formula is C11H23N3O5S2Si. The summed E-state index contributed by atoms with van der Waals surface area (Å²) in [6, 6.07) is 0.672. The molecule has 1 aromatic heterocycles. The molecule has 128 valence electrons. The first kappa shape index (κ1) is 19.8. The van der Waals surface area contributed by atoms with Crippen LogP contribution in [0.5, 0.6) is 0 Å². The van der Waals surface area contributed by atoms with E-state index in [2.05, 4.69) is 10.2 Å². The van der Waals surface area contributed by atoms with E-state index in [1.165, 1.54) is 23.1 Å². The molecule has 0 aliphatic carbocycles. The maximum absolute atomic E-state index is 9.83. The zero-order chi connectivity index (χ0) is 16.4. The van der Waals surface area contributed by atoms with Crippen molar-refractivity contribution in [3.8, 4) is 0 Å². The number of thioether (sulfide) groups is 1. The summed E-state index contributed by atoms with van der Waals surface area (Å²) in [5.41, 5.74) is 5.48. The second-order valence-corrected chi connectivity index (χ2v) is 9.71. The third kappa shape index (κ3) is 6.87. The fourth-order valence-corrected chi connectivity index (χ4v) is 4.92. The molecule has 0 aliphatic rings. The van der Waals surface area contributed by atoms with Gasteiger partial charge in [0.2, 0.25) is 5.13 Å². The number of hydrogen-bond acceptors (Lipinski definition) is 10. The molecule has 1 atom stereocenters. The molecule has 1 heterocycles. The molecular weight excluding hydrogens is 346 g/mol. The summed E-state index contributed by atoms with van der Waals surface area (Å²) in [4.78, 5) is 0. The lowest BCUT2D eigenvalue weighted by molar-refractivity contribution is 0.0462. The van der Waals surface area contributed by atoms with Gasteiger partial charge in [-0.2, -0.15) is 0 Å². The Morgan fingerprint density at radius 1 is 1.27 bits per heavy atom. The van der Waals surface area contributed by atoms with Crippen LogP contribution in [0, 0.1) is 0 Å². The minimum absolute atomic E-state index is 0.267. The smallest absolute Gasteiger partial charge is 0.390 e. The van der Waals surface area contributed by atoms with Gasteiger partial charge in [-0.05, 0) is 6.42 Å². The number of hydrogen-bond donors (Lipinski definition) is 2. The predicted octanol–water partition coefficient (Wildman–Crippen LogP) is 0.858. The molecule has 3 N–H and O–H groups in total. The second kappa shape index (κ2) is 10.5. The summed E-state index contributed by atoms with van der Waals surface area (Å²) < 4.78 is 22.1. The van der Waals surface area contributed by atoms with Crippen LogP contribution in [0.2, 0.25) is 6.04 Å². The van der Waals surface area contributed by atoms with Gasteiger partial charge in [0.1, 0.15) is 0 Å². The molecule has 0 saturated carbocycles. The highest BCUT2D eigenvalue weighted by atomic mass is 32.2. The van der Waals surface area contributed by atoms with E-state index in [1.54, 1.807) is 21.3 Å². The standard InChI is InChI=1S/C11H23N3O5S2Si/c1-16-22(17-2,18-3)6-4-5-19-7-9(15)8-20-11-14-13-10(12)21-11/h9,15H,4-8H2,1-3H3,(H2,12,13). The topological polar surface area (TPSA) is 109 Å². The third-order valence-electron chi connectivity index (χ3n) is 2.84. The molecule has 1 aromatic rings. The number of aliphatic hydroxyl groups is 1. The Bertz CT molecular complexity index is 414. The van der Waals surface area contributed by atoms with Gasteiger partial charge in [0.15, 0.2) is 4.34 Å². The Kier molecular flexibility index (Phi) is 9.43. The lowest BCUT2D eigenvalue weighted by Gasteiger charge is -2.24. The largest absolute Gasteiger partial charge is 0.500 e. The first-order valence-corrected chi connectivity index (χ1v) is 10.4. The van der Waals surface area contributed by atoms with Gasteiger partial charge in [0.05, 0.1) is 12.7 Å². The minimum atomic E-state index is -2.52. The van der Waals surface area contributed by atoms with Crippen LogP contribution < -0.4 is 5.73 Å². The molecule has 0 aromatic carbocycles. The van der Waals surface area contributed by atoms with Gasteiger partial charge in [0.25, 0.3) is 0 Å². The van der Waals surface area contributed by atoms with Crippen molar-refractivity contribution in [2.75, 3.05) is 46.0 Å². The van der Waals surface area contributed by atoms with Gasteiger partial charge in [-0.1, -0.05) is 23.1 Å². The zero-order valence-corrected chi connectivity index (χ0v) is 15.6. The van der Waals surface area contributed by atoms with E-state index < -0.39 is 14.9 Å². The number of ether oxygens (including phenoxy) is 1. The van der Waals surface area contributed by atoms with Gasteiger partial charge >= 0.3 is 8.80 Å². The first-order chi connectivity index (χ1) is 10.5. The highest BCUT2D eigenvalue weighted by molar-refractivity contribution is 8.01. The van der Waals surface area contributed by atoms with Crippen molar-refractivity contribution >= 4 is 37.0 Å². The van der Waals surface area contributed by atoms with Crippen LogP contribution in [0.4, 0.5) is 5.13 Å². The molecule has 8 nitrogen and oxygen atoms in total. The summed E-state index contributed by atoms with van der Waals surface area (Å²) in [7, 11) is 2.23. The average molecular weight is 370 g/mol. The number of nitrogens with zero attached hydrogens (tertiary/aromatic N) is 2. The number of nitrogens with two attached hydrogens (primary N) is 1. The SMILES string of the molecule is CO[Si](CCCOCC(O)CSc1nnc(N)s1)(OC)OC. The van der Waals surface area contributed by atoms with Gasteiger partial charge < -0.3 is 28.9 Å². The molecule has 11 heteroatoms. The Balaban J connectivity index is 2.11. The van der Waals surface area contributed by atoms with Gasteiger partial charge in [-0.3, -0.25) is 0 Å². The lowest BCUT2D eigenvalue weighted by Crippen LogP contribution is -2.42. The number of rotatable bonds is 12. The van der Waals surface area contributed by atoms with Crippen molar-refractivity contribution < 1.29 is 23.1 Å². The molecule has 0 aliphatic heterocycles. The molecule has 0 saturated heterocycles. The van der Waals surface area contributed by atoms with E-state index in [9.17, 15) is 5.11 Å². The molecule has 1 unspecified atom stereocenters. The lowest BCUT2D eigenvalue weighted by atomic mass is 10.4. The number of anilines is 1. The summed E-state index contributed by atoms with van der Waals surface area (Å²) >= 11 is 2.71. The summed E-state index contributed by atoms with van der Waals surface area (Å²) in [5, 5.41) is 17.8. The molecule has 22 heavy (non-hydrogen) atoms. The maximum Gasteiger partial charge on any atom is 0.500 e. The molecule has 0 spiro atoms. The van der Waals surface area contributed by atoms with Crippen LogP contribution in [-0.2, 0) is 18.0 Å². The van der Waals surface area contributed by atoms with Gasteiger partial charge in [0, 0.05) is 39.7 Å². The van der Waals surface area contributed by atoms with Crippen molar-refractivity contribution in [1.82, 2.24) is 10.2 Å². The Morgan fingerprint density at radius 2 is 1.95 bits per heavy atom. The van der Waals surface area contributed by atoms with E-state index in [0.717, 1.165) is 10.8 Å². The number of aliphatic hydroxyl groups excluding tert-OH is 1. The van der Waals surface area contributed by atoms with Crippen LogP contribution >= 0.6 is 23.1 Å². The molecule has 1 rings (SSSR count). The van der Waals surface area contributed by atoms with Crippen molar-refractivity contribution in [3.63, 3.8) is 0 Å². The number of aromatic nitrogens is 2. The normalized spacial score (nSPS) is 13.5. The fourth-order valence-electron chi connectivity index (χ4n) is 1.66. The third-order valence-corrected chi connectivity index (χ3v) is 7.70. The van der Waals surface area contributed by atoms with Crippen LogP contribution in [0.25, 0.3) is 0 Å². The van der Waals surface area contributed by atoms with Crippen LogP contribution in [0.1, 0.15) is 6.42 Å². The van der Waals surface area contributed by atoms with E-state index in [-0.39, 0.29) is 6.61 Å². The summed E-state index contributed by atoms with van der Waals surface area (Å²) in [5.74, 6) is 0.488. The maximum atomic E-state index is 9.83. The van der Waals surface area contributed by atoms with Gasteiger partial charge in [-0.25, -0.2) is 0 Å². The zero-order valence-electron chi connectivity index (χ0n) is 13.0. The van der Waals surface area contributed by atoms with E-state index in [1.807, 2.05) is 0 Å². The Hall–Kier alpha value is -0.273. The highest BCUT2D eigenvalue weighted by Crippen LogP contribution is 2.24. The first-order valence-electron chi connectivity index (χ1n) is 6.68. The number of nitrogen functional groups attached to an aromatic ring is 1. The van der Waals surface area contributed by atoms with Crippen molar-refractivity contribution in [2.45, 2.75) is 22.9 Å². The van der Waals surface area contributed by atoms with Crippen LogP contribution in [0.15, 0.2) is 4.34 Å². The highest BCUT2D eigenvalue weighted by Gasteiger charge is 2.36. The van der Waals surface area contributed by atoms with E-state index >= 15 is 0 Å². The van der Waals surface area contributed by atoms with Crippen LogP contribution in [-0.4, -0.2) is 70.5 Å². The summed E-state index contributed by atoms with van der Waals surface area (Å²) in [6.45, 7) is 0.779. The quantitative estimate of drug-likeness (QED) is 0.315. The summed E-state index contributed by atoms with van der Waals surface area (Å²) in [6.07, 6.45) is 0.179. The van der Waals surface area contributed by atoms with Crippen molar-refractivity contribution in [1.29, 1.82) is 0 Å². The Morgan fingerprint density at radius 3 is 2.50 bits per heavy atom. The molecule has 0 bridgehead atoms. The second-order valence-electron chi connectivity index (χ2n) is 4.34. The Labute approximate surface area is 139 Å². The van der Waals surface area contributed by atoms with E-state index in [4.69, 9.17) is 23.7 Å². The predicted molar refractivity (Wildman–Crippen MR) is 88.1 cm³/mol. The van der Waals surface area contributed by atoms with Crippen molar-refractivity contribution in [2.24, 2.45) is 0 Å².